The fourth-order valence-corrected chi connectivity index (χ4v) is 3.97. The van der Waals surface area contributed by atoms with Gasteiger partial charge in [-0.25, -0.2) is 4.98 Å². The maximum atomic E-state index is 14.0. The number of hydrogen-bond donors (Lipinski definition) is 1. The summed E-state index contributed by atoms with van der Waals surface area (Å²) in [4.78, 5) is 7.21. The van der Waals surface area contributed by atoms with E-state index in [0.717, 1.165) is 6.07 Å². The van der Waals surface area contributed by atoms with E-state index in [9.17, 15) is 18.4 Å². The molecule has 0 saturated carbocycles. The number of nitrogens with one attached hydrogen (secondary N) is 1. The number of nitrogens with zero attached hydrogens (tertiary/aromatic N) is 4. The van der Waals surface area contributed by atoms with Gasteiger partial charge in [0, 0.05) is 52.6 Å². The molecule has 0 atom stereocenters. The van der Waals surface area contributed by atoms with Crippen molar-refractivity contribution in [2.75, 3.05) is 0 Å². The monoisotopic (exact) mass is 480 g/mol. The number of benzene rings is 2. The number of halogens is 4. The third kappa shape index (κ3) is 4.56. The third-order valence-electron chi connectivity index (χ3n) is 5.18. The van der Waals surface area contributed by atoms with Gasteiger partial charge in [0.1, 0.15) is 17.3 Å². The van der Waals surface area contributed by atoms with Crippen LogP contribution in [0.25, 0.3) is 33.7 Å². The SMILES string of the molecule is Cn1nc(C(C)(C)C)c(C#N)c1-c1nc2cc(-c3ccccc3Cl)cc(C(F)(F)F)c2[nH]1.[Na]. The van der Waals surface area contributed by atoms with Crippen molar-refractivity contribution in [3.8, 4) is 28.7 Å². The third-order valence-corrected chi connectivity index (χ3v) is 5.51. The fraction of sp³-hybridized carbons (Fsp3) is 0.261. The van der Waals surface area contributed by atoms with E-state index in [0.29, 0.717) is 27.5 Å². The van der Waals surface area contributed by atoms with E-state index in [1.54, 1.807) is 37.4 Å². The molecule has 0 unspecified atom stereocenters. The van der Waals surface area contributed by atoms with E-state index in [2.05, 4.69) is 21.1 Å². The largest absolute Gasteiger partial charge is 0.418 e. The van der Waals surface area contributed by atoms with E-state index in [4.69, 9.17) is 11.6 Å². The summed E-state index contributed by atoms with van der Waals surface area (Å²) in [5.74, 6) is 0.142. The molecule has 2 heterocycles. The van der Waals surface area contributed by atoms with E-state index >= 15 is 0 Å². The first-order valence-electron chi connectivity index (χ1n) is 9.75. The van der Waals surface area contributed by atoms with Gasteiger partial charge in [-0.2, -0.15) is 23.5 Å². The Balaban J connectivity index is 0.00000306. The van der Waals surface area contributed by atoms with Crippen LogP contribution in [-0.4, -0.2) is 49.3 Å². The predicted octanol–water partition coefficient (Wildman–Crippen LogP) is 6.09. The maximum absolute atomic E-state index is 14.0. The first-order chi connectivity index (χ1) is 14.9. The quantitative estimate of drug-likeness (QED) is 0.353. The standard InChI is InChI=1S/C23H19ClF3N5.Na/c1-22(2,3)20-14(11-28)19(32(4)31-20)21-29-17-10-12(13-7-5-6-8-16(13)24)9-15(18(17)30-21)23(25,26)27;/h5-10H,1-4H3,(H,29,30);. The van der Waals surface area contributed by atoms with Crippen molar-refractivity contribution in [2.45, 2.75) is 32.4 Å². The molecular formula is C23H19ClF3N5Na. The van der Waals surface area contributed by atoms with Crippen molar-refractivity contribution in [1.29, 1.82) is 5.26 Å². The normalized spacial score (nSPS) is 12.0. The molecule has 0 fully saturated rings. The van der Waals surface area contributed by atoms with E-state index in [1.807, 2.05) is 20.8 Å². The predicted molar refractivity (Wildman–Crippen MR) is 123 cm³/mol. The molecular weight excluding hydrogens is 462 g/mol. The molecule has 0 saturated heterocycles. The van der Waals surface area contributed by atoms with Crippen molar-refractivity contribution >= 4 is 52.2 Å². The van der Waals surface area contributed by atoms with Crippen molar-refractivity contribution in [3.63, 3.8) is 0 Å². The summed E-state index contributed by atoms with van der Waals surface area (Å²) in [6, 6.07) is 11.4. The van der Waals surface area contributed by atoms with E-state index in [-0.39, 0.29) is 52.0 Å². The number of nitriles is 1. The second-order valence-electron chi connectivity index (χ2n) is 8.54. The molecule has 4 rings (SSSR count). The van der Waals surface area contributed by atoms with Crippen molar-refractivity contribution in [2.24, 2.45) is 7.05 Å². The summed E-state index contributed by atoms with van der Waals surface area (Å²) < 4.78 is 43.4. The van der Waals surface area contributed by atoms with E-state index < -0.39 is 17.2 Å². The van der Waals surface area contributed by atoms with Gasteiger partial charge in [-0.15, -0.1) is 0 Å². The average molecular weight is 481 g/mol. The Morgan fingerprint density at radius 3 is 2.36 bits per heavy atom. The van der Waals surface area contributed by atoms with Crippen LogP contribution in [0.5, 0.6) is 0 Å². The summed E-state index contributed by atoms with van der Waals surface area (Å²) in [7, 11) is 1.64. The smallest absolute Gasteiger partial charge is 0.336 e. The second-order valence-corrected chi connectivity index (χ2v) is 8.95. The zero-order valence-electron chi connectivity index (χ0n) is 18.8. The van der Waals surface area contributed by atoms with Crippen molar-refractivity contribution in [1.82, 2.24) is 19.7 Å². The number of H-pyrrole nitrogens is 1. The number of aryl methyl sites for hydroxylation is 1. The molecule has 4 aromatic rings. The van der Waals surface area contributed by atoms with Gasteiger partial charge in [0.2, 0.25) is 0 Å². The van der Waals surface area contributed by atoms with Gasteiger partial charge in [0.15, 0.2) is 5.82 Å². The van der Waals surface area contributed by atoms with Crippen LogP contribution < -0.4 is 0 Å². The van der Waals surface area contributed by atoms with Gasteiger partial charge in [-0.1, -0.05) is 50.6 Å². The summed E-state index contributed by atoms with van der Waals surface area (Å²) in [6.45, 7) is 5.74. The fourth-order valence-electron chi connectivity index (χ4n) is 3.73. The Labute approximate surface area is 215 Å². The Morgan fingerprint density at radius 1 is 1.12 bits per heavy atom. The van der Waals surface area contributed by atoms with Crippen LogP contribution in [0, 0.1) is 11.3 Å². The van der Waals surface area contributed by atoms with Crippen LogP contribution >= 0.6 is 11.6 Å². The molecule has 1 N–H and O–H groups in total. The molecule has 0 aliphatic carbocycles. The molecule has 0 amide bonds. The first-order valence-corrected chi connectivity index (χ1v) is 10.1. The minimum Gasteiger partial charge on any atom is -0.336 e. The van der Waals surface area contributed by atoms with Gasteiger partial charge in [-0.3, -0.25) is 4.68 Å². The summed E-state index contributed by atoms with van der Waals surface area (Å²) in [6.07, 6.45) is -4.62. The molecule has 0 aliphatic rings. The number of rotatable bonds is 2. The Hall–Kier alpha value is -2.31. The minimum absolute atomic E-state index is 0. The van der Waals surface area contributed by atoms with Crippen LogP contribution in [0.4, 0.5) is 13.2 Å². The molecule has 0 spiro atoms. The molecule has 0 bridgehead atoms. The zero-order chi connectivity index (χ0) is 23.4. The average Bonchev–Trinajstić information content (AvgIpc) is 3.26. The number of imidazole rings is 1. The molecule has 1 radical (unpaired) electrons. The summed E-state index contributed by atoms with van der Waals surface area (Å²) in [5.41, 5.74) is 0.597. The summed E-state index contributed by atoms with van der Waals surface area (Å²) in [5, 5.41) is 14.6. The molecule has 2 aromatic carbocycles. The van der Waals surface area contributed by atoms with Crippen LogP contribution in [0.1, 0.15) is 37.6 Å². The number of aromatic amines is 1. The topological polar surface area (TPSA) is 70.3 Å². The number of fused-ring (bicyclic) bond motifs is 1. The van der Waals surface area contributed by atoms with Gasteiger partial charge >= 0.3 is 6.18 Å². The van der Waals surface area contributed by atoms with Crippen molar-refractivity contribution in [3.05, 3.63) is 58.2 Å². The molecule has 5 nitrogen and oxygen atoms in total. The van der Waals surface area contributed by atoms with Gasteiger partial charge in [-0.05, 0) is 23.8 Å². The van der Waals surface area contributed by atoms with Crippen LogP contribution in [0.2, 0.25) is 5.02 Å². The molecule has 33 heavy (non-hydrogen) atoms. The van der Waals surface area contributed by atoms with Crippen LogP contribution in [-0.2, 0) is 18.6 Å². The van der Waals surface area contributed by atoms with Crippen LogP contribution in [0.3, 0.4) is 0 Å². The second kappa shape index (κ2) is 8.80. The van der Waals surface area contributed by atoms with Gasteiger partial charge in [0.05, 0.1) is 22.3 Å². The molecule has 0 aliphatic heterocycles. The Kier molecular flexibility index (Phi) is 6.75. The van der Waals surface area contributed by atoms with Crippen LogP contribution in [0.15, 0.2) is 36.4 Å². The van der Waals surface area contributed by atoms with Gasteiger partial charge in [0.25, 0.3) is 0 Å². The molecule has 10 heteroatoms. The maximum Gasteiger partial charge on any atom is 0.418 e. The minimum atomic E-state index is -4.62. The first kappa shape index (κ1) is 25.3. The Morgan fingerprint density at radius 2 is 1.79 bits per heavy atom. The number of hydrogen-bond acceptors (Lipinski definition) is 3. The number of alkyl halides is 3. The summed E-state index contributed by atoms with van der Waals surface area (Å²) >= 11 is 6.23. The van der Waals surface area contributed by atoms with E-state index in [1.165, 1.54) is 4.68 Å². The molecule has 2 aromatic heterocycles. The molecule has 165 valence electrons. The number of aromatic nitrogens is 4. The van der Waals surface area contributed by atoms with Crippen molar-refractivity contribution < 1.29 is 13.2 Å². The Bertz CT molecular complexity index is 1390. The zero-order valence-corrected chi connectivity index (χ0v) is 21.5. The van der Waals surface area contributed by atoms with Gasteiger partial charge < -0.3 is 4.98 Å².